The molecule has 1 atom stereocenters. The molecule has 2 aromatic carbocycles. The normalized spacial score (nSPS) is 20.2. The van der Waals surface area contributed by atoms with Gasteiger partial charge in [0.05, 0.1) is 28.6 Å². The molecule has 0 amide bonds. The fraction of sp³-hybridized carbons (Fsp3) is 0.190. The molecule has 1 aromatic heterocycles. The van der Waals surface area contributed by atoms with Crippen molar-refractivity contribution in [1.82, 2.24) is 9.78 Å². The number of hydrogen-bond acceptors (Lipinski definition) is 3. The Balaban J connectivity index is 1.78. The van der Waals surface area contributed by atoms with E-state index in [-0.39, 0.29) is 5.41 Å². The molecule has 0 radical (unpaired) electrons. The lowest BCUT2D eigenvalue weighted by Crippen LogP contribution is -2.37. The summed E-state index contributed by atoms with van der Waals surface area (Å²) in [5.41, 5.74) is 4.79. The van der Waals surface area contributed by atoms with E-state index in [4.69, 9.17) is 26.2 Å². The van der Waals surface area contributed by atoms with E-state index in [0.29, 0.717) is 11.6 Å². The Bertz CT molecular complexity index is 1070. The zero-order chi connectivity index (χ0) is 17.9. The number of halogens is 1. The Morgan fingerprint density at radius 1 is 1.15 bits per heavy atom. The monoisotopic (exact) mass is 364 g/mol. The van der Waals surface area contributed by atoms with Crippen molar-refractivity contribution in [3.05, 3.63) is 82.2 Å². The summed E-state index contributed by atoms with van der Waals surface area (Å²) in [7, 11) is 0. The number of hydrogen-bond donors (Lipinski definition) is 0. The zero-order valence-electron chi connectivity index (χ0n) is 14.5. The molecule has 4 nitrogen and oxygen atoms in total. The van der Waals surface area contributed by atoms with Crippen LogP contribution in [0.25, 0.3) is 5.69 Å². The summed E-state index contributed by atoms with van der Waals surface area (Å²) in [6.07, 6.45) is 1.81. The van der Waals surface area contributed by atoms with Crippen LogP contribution >= 0.6 is 11.6 Å². The highest BCUT2D eigenvalue weighted by Gasteiger charge is 2.46. The van der Waals surface area contributed by atoms with Crippen LogP contribution in [0.5, 0.6) is 11.6 Å². The van der Waals surface area contributed by atoms with Gasteiger partial charge >= 0.3 is 0 Å². The van der Waals surface area contributed by atoms with Crippen LogP contribution in [0, 0.1) is 6.92 Å². The van der Waals surface area contributed by atoms with Crippen LogP contribution in [-0.2, 0) is 5.41 Å². The van der Waals surface area contributed by atoms with Gasteiger partial charge in [-0.25, -0.2) is 4.68 Å². The van der Waals surface area contributed by atoms with E-state index >= 15 is 0 Å². The molecule has 26 heavy (non-hydrogen) atoms. The molecule has 0 spiro atoms. The maximum Gasteiger partial charge on any atom is 0.226 e. The standard InChI is InChI=1S/C21H17ClN2O2/c1-13-19-20(24(23-13)16-7-5-6-15(22)10-16)26-12-14-11-25-18-9-4-3-8-17(18)21(14,19)2/h3-10,12H,11H2,1-2H3/t21-/m0/s1. The van der Waals surface area contributed by atoms with Crippen molar-refractivity contribution in [2.45, 2.75) is 19.3 Å². The Hall–Kier alpha value is -2.72. The molecule has 0 saturated heterocycles. The number of ether oxygens (including phenoxy) is 2. The van der Waals surface area contributed by atoms with E-state index in [2.05, 4.69) is 13.0 Å². The highest BCUT2D eigenvalue weighted by molar-refractivity contribution is 6.30. The highest BCUT2D eigenvalue weighted by Crippen LogP contribution is 2.52. The smallest absolute Gasteiger partial charge is 0.226 e. The number of rotatable bonds is 1. The molecule has 5 rings (SSSR count). The molecule has 130 valence electrons. The fourth-order valence-electron chi connectivity index (χ4n) is 4.03. The molecule has 2 aliphatic rings. The minimum atomic E-state index is -0.330. The number of aryl methyl sites for hydroxylation is 1. The Morgan fingerprint density at radius 2 is 2.00 bits per heavy atom. The molecule has 0 N–H and O–H groups in total. The fourth-order valence-corrected chi connectivity index (χ4v) is 4.21. The summed E-state index contributed by atoms with van der Waals surface area (Å²) in [5.74, 6) is 1.64. The van der Waals surface area contributed by atoms with E-state index in [1.54, 1.807) is 6.26 Å². The molecule has 3 aromatic rings. The zero-order valence-corrected chi connectivity index (χ0v) is 15.2. The van der Waals surface area contributed by atoms with E-state index < -0.39 is 0 Å². The molecule has 0 saturated carbocycles. The minimum absolute atomic E-state index is 0.330. The summed E-state index contributed by atoms with van der Waals surface area (Å²) in [4.78, 5) is 0. The third-order valence-electron chi connectivity index (χ3n) is 5.33. The van der Waals surface area contributed by atoms with Crippen LogP contribution in [0.2, 0.25) is 5.02 Å². The van der Waals surface area contributed by atoms with Gasteiger partial charge < -0.3 is 9.47 Å². The second-order valence-electron chi connectivity index (χ2n) is 6.83. The second kappa shape index (κ2) is 5.39. The van der Waals surface area contributed by atoms with Crippen molar-refractivity contribution in [3.8, 4) is 17.3 Å². The Labute approximate surface area is 156 Å². The quantitative estimate of drug-likeness (QED) is 0.621. The molecule has 0 fully saturated rings. The van der Waals surface area contributed by atoms with Crippen molar-refractivity contribution in [1.29, 1.82) is 0 Å². The lowest BCUT2D eigenvalue weighted by molar-refractivity contribution is 0.280. The average Bonchev–Trinajstić information content (AvgIpc) is 2.99. The Kier molecular flexibility index (Phi) is 3.22. The predicted octanol–water partition coefficient (Wildman–Crippen LogP) is 4.81. The average molecular weight is 365 g/mol. The van der Waals surface area contributed by atoms with E-state index in [1.165, 1.54) is 0 Å². The first-order valence-corrected chi connectivity index (χ1v) is 8.91. The molecule has 0 aliphatic carbocycles. The van der Waals surface area contributed by atoms with Gasteiger partial charge in [0.1, 0.15) is 12.4 Å². The number of aromatic nitrogens is 2. The Morgan fingerprint density at radius 3 is 2.85 bits per heavy atom. The van der Waals surface area contributed by atoms with Gasteiger partial charge in [-0.1, -0.05) is 35.9 Å². The SMILES string of the molecule is Cc1nn(-c2cccc(Cl)c2)c2c1[C@@]1(C)C(=CO2)COc2ccccc21. The van der Waals surface area contributed by atoms with Crippen LogP contribution in [0.3, 0.4) is 0 Å². The molecule has 0 bridgehead atoms. The number of fused-ring (bicyclic) bond motifs is 5. The first kappa shape index (κ1) is 15.5. The van der Waals surface area contributed by atoms with E-state index in [9.17, 15) is 0 Å². The molecule has 2 aliphatic heterocycles. The molecule has 5 heteroatoms. The van der Waals surface area contributed by atoms with Crippen LogP contribution < -0.4 is 9.47 Å². The van der Waals surface area contributed by atoms with Gasteiger partial charge in [-0.2, -0.15) is 5.10 Å². The largest absolute Gasteiger partial charge is 0.489 e. The van der Waals surface area contributed by atoms with Gasteiger partial charge in [-0.3, -0.25) is 0 Å². The number of nitrogens with zero attached hydrogens (tertiary/aromatic N) is 2. The van der Waals surface area contributed by atoms with Gasteiger partial charge in [0.15, 0.2) is 0 Å². The summed E-state index contributed by atoms with van der Waals surface area (Å²) >= 11 is 6.18. The first-order valence-electron chi connectivity index (χ1n) is 8.53. The first-order chi connectivity index (χ1) is 12.6. The molecule has 0 unspecified atom stereocenters. The van der Waals surface area contributed by atoms with Crippen LogP contribution in [0.15, 0.2) is 60.4 Å². The third-order valence-corrected chi connectivity index (χ3v) is 5.57. The summed E-state index contributed by atoms with van der Waals surface area (Å²) < 4.78 is 13.8. The van der Waals surface area contributed by atoms with Crippen LogP contribution in [-0.4, -0.2) is 16.4 Å². The predicted molar refractivity (Wildman–Crippen MR) is 100 cm³/mol. The summed E-state index contributed by atoms with van der Waals surface area (Å²) in [6.45, 7) is 4.75. The summed E-state index contributed by atoms with van der Waals surface area (Å²) in [5, 5.41) is 5.44. The van der Waals surface area contributed by atoms with Crippen molar-refractivity contribution < 1.29 is 9.47 Å². The van der Waals surface area contributed by atoms with Gasteiger partial charge in [-0.15, -0.1) is 0 Å². The second-order valence-corrected chi connectivity index (χ2v) is 7.26. The minimum Gasteiger partial charge on any atom is -0.489 e. The molecular weight excluding hydrogens is 348 g/mol. The summed E-state index contributed by atoms with van der Waals surface area (Å²) in [6, 6.07) is 15.8. The van der Waals surface area contributed by atoms with Crippen molar-refractivity contribution >= 4 is 11.6 Å². The van der Waals surface area contributed by atoms with Gasteiger partial charge in [0, 0.05) is 16.2 Å². The van der Waals surface area contributed by atoms with Crippen LogP contribution in [0.1, 0.15) is 23.7 Å². The van der Waals surface area contributed by atoms with E-state index in [0.717, 1.165) is 39.7 Å². The topological polar surface area (TPSA) is 36.3 Å². The highest BCUT2D eigenvalue weighted by atomic mass is 35.5. The van der Waals surface area contributed by atoms with Gasteiger partial charge in [0.2, 0.25) is 5.88 Å². The van der Waals surface area contributed by atoms with Crippen LogP contribution in [0.4, 0.5) is 0 Å². The lowest BCUT2D eigenvalue weighted by Gasteiger charge is -2.40. The number of para-hydroxylation sites is 1. The number of benzene rings is 2. The van der Waals surface area contributed by atoms with Crippen molar-refractivity contribution in [3.63, 3.8) is 0 Å². The van der Waals surface area contributed by atoms with Gasteiger partial charge in [0.25, 0.3) is 0 Å². The maximum atomic E-state index is 6.18. The molecule has 3 heterocycles. The van der Waals surface area contributed by atoms with Crippen molar-refractivity contribution in [2.75, 3.05) is 6.61 Å². The third kappa shape index (κ3) is 1.99. The maximum absolute atomic E-state index is 6.18. The van der Waals surface area contributed by atoms with E-state index in [1.807, 2.05) is 54.1 Å². The molecular formula is C21H17ClN2O2. The van der Waals surface area contributed by atoms with Crippen molar-refractivity contribution in [2.24, 2.45) is 0 Å². The lowest BCUT2D eigenvalue weighted by atomic mass is 9.69. The van der Waals surface area contributed by atoms with Gasteiger partial charge in [-0.05, 0) is 38.1 Å².